The minimum atomic E-state index is 0.757. The summed E-state index contributed by atoms with van der Waals surface area (Å²) in [5, 5.41) is 8.23. The average Bonchev–Trinajstić information content (AvgIpc) is 2.75. The number of pyridine rings is 1. The van der Waals surface area contributed by atoms with Crippen molar-refractivity contribution in [3.8, 4) is 0 Å². The van der Waals surface area contributed by atoms with E-state index in [1.54, 1.807) is 6.20 Å². The van der Waals surface area contributed by atoms with Crippen LogP contribution in [0.3, 0.4) is 0 Å². The van der Waals surface area contributed by atoms with Crippen molar-refractivity contribution in [3.05, 3.63) is 42.0 Å². The molecule has 2 rings (SSSR count). The van der Waals surface area contributed by atoms with E-state index < -0.39 is 0 Å². The fourth-order valence-electron chi connectivity index (χ4n) is 1.54. The van der Waals surface area contributed by atoms with Crippen LogP contribution in [0.5, 0.6) is 0 Å². The summed E-state index contributed by atoms with van der Waals surface area (Å²) in [6.07, 6.45) is 6.88. The highest BCUT2D eigenvalue weighted by Crippen LogP contribution is 2.03. The van der Waals surface area contributed by atoms with Crippen LogP contribution in [0.25, 0.3) is 0 Å². The van der Waals surface area contributed by atoms with Crippen molar-refractivity contribution in [1.82, 2.24) is 20.0 Å². The van der Waals surface area contributed by atoms with Crippen molar-refractivity contribution in [2.75, 3.05) is 0 Å². The van der Waals surface area contributed by atoms with Gasteiger partial charge in [-0.15, -0.1) is 5.10 Å². The first-order valence-corrected chi connectivity index (χ1v) is 5.67. The molecule has 84 valence electrons. The van der Waals surface area contributed by atoms with Gasteiger partial charge in [-0.1, -0.05) is 24.6 Å². The summed E-state index contributed by atoms with van der Waals surface area (Å²) in [6, 6.07) is 5.91. The normalized spacial score (nSPS) is 10.6. The van der Waals surface area contributed by atoms with Crippen molar-refractivity contribution in [2.24, 2.45) is 0 Å². The number of hydrogen-bond donors (Lipinski definition) is 0. The molecule has 0 aliphatic carbocycles. The molecule has 0 spiro atoms. The summed E-state index contributed by atoms with van der Waals surface area (Å²) in [7, 11) is 0. The lowest BCUT2D eigenvalue weighted by molar-refractivity contribution is 0.553. The number of unbranched alkanes of at least 4 members (excludes halogenated alkanes) is 1. The highest BCUT2D eigenvalue weighted by Gasteiger charge is 2.02. The van der Waals surface area contributed by atoms with E-state index in [4.69, 9.17) is 0 Å². The van der Waals surface area contributed by atoms with Crippen molar-refractivity contribution in [1.29, 1.82) is 0 Å². The van der Waals surface area contributed by atoms with Crippen LogP contribution in [0.4, 0.5) is 0 Å². The Balaban J connectivity index is 1.97. The van der Waals surface area contributed by atoms with E-state index in [0.29, 0.717) is 0 Å². The summed E-state index contributed by atoms with van der Waals surface area (Å²) in [4.78, 5) is 4.27. The fraction of sp³-hybridized carbons (Fsp3) is 0.417. The SMILES string of the molecule is CCCCn1cc(Cc2ccccn2)nn1. The smallest absolute Gasteiger partial charge is 0.0886 e. The standard InChI is InChI=1S/C12H16N4/c1-2-3-8-16-10-12(14-15-16)9-11-6-4-5-7-13-11/h4-7,10H,2-3,8-9H2,1H3. The first-order valence-electron chi connectivity index (χ1n) is 5.67. The monoisotopic (exact) mass is 216 g/mol. The molecule has 0 N–H and O–H groups in total. The van der Waals surface area contributed by atoms with E-state index in [-0.39, 0.29) is 0 Å². The van der Waals surface area contributed by atoms with Crippen LogP contribution in [0.15, 0.2) is 30.6 Å². The maximum absolute atomic E-state index is 4.27. The molecule has 0 fully saturated rings. The van der Waals surface area contributed by atoms with Crippen LogP contribution in [-0.2, 0) is 13.0 Å². The molecule has 4 nitrogen and oxygen atoms in total. The van der Waals surface area contributed by atoms with Gasteiger partial charge >= 0.3 is 0 Å². The summed E-state index contributed by atoms with van der Waals surface area (Å²) >= 11 is 0. The maximum Gasteiger partial charge on any atom is 0.0886 e. The number of hydrogen-bond acceptors (Lipinski definition) is 3. The predicted molar refractivity (Wildman–Crippen MR) is 62.0 cm³/mol. The predicted octanol–water partition coefficient (Wildman–Crippen LogP) is 2.06. The van der Waals surface area contributed by atoms with Crippen molar-refractivity contribution < 1.29 is 0 Å². The second-order valence-corrected chi connectivity index (χ2v) is 3.82. The number of nitrogens with zero attached hydrogens (tertiary/aromatic N) is 4. The Morgan fingerprint density at radius 2 is 2.19 bits per heavy atom. The van der Waals surface area contributed by atoms with Gasteiger partial charge in [0, 0.05) is 31.1 Å². The summed E-state index contributed by atoms with van der Waals surface area (Å²) in [5.74, 6) is 0. The summed E-state index contributed by atoms with van der Waals surface area (Å²) in [6.45, 7) is 3.12. The Kier molecular flexibility index (Phi) is 3.64. The Morgan fingerprint density at radius 1 is 1.25 bits per heavy atom. The lowest BCUT2D eigenvalue weighted by Crippen LogP contribution is -1.97. The molecule has 0 aliphatic heterocycles. The molecule has 2 heterocycles. The molecule has 4 heteroatoms. The van der Waals surface area contributed by atoms with Gasteiger partial charge < -0.3 is 0 Å². The van der Waals surface area contributed by atoms with E-state index >= 15 is 0 Å². The molecule has 0 amide bonds. The fourth-order valence-corrected chi connectivity index (χ4v) is 1.54. The van der Waals surface area contributed by atoms with Crippen LogP contribution >= 0.6 is 0 Å². The number of aromatic nitrogens is 4. The Hall–Kier alpha value is -1.71. The third-order valence-electron chi connectivity index (χ3n) is 2.42. The summed E-state index contributed by atoms with van der Waals surface area (Å²) < 4.78 is 1.90. The largest absolute Gasteiger partial charge is 0.261 e. The molecule has 0 saturated carbocycles. The van der Waals surface area contributed by atoms with Crippen molar-refractivity contribution in [3.63, 3.8) is 0 Å². The highest BCUT2D eigenvalue weighted by atomic mass is 15.4. The molecule has 0 saturated heterocycles. The van der Waals surface area contributed by atoms with Crippen LogP contribution in [0, 0.1) is 0 Å². The van der Waals surface area contributed by atoms with Gasteiger partial charge in [-0.2, -0.15) is 0 Å². The zero-order valence-electron chi connectivity index (χ0n) is 9.50. The van der Waals surface area contributed by atoms with Gasteiger partial charge in [-0.3, -0.25) is 9.67 Å². The van der Waals surface area contributed by atoms with Gasteiger partial charge in [0.2, 0.25) is 0 Å². The summed E-state index contributed by atoms with van der Waals surface area (Å²) in [5.41, 5.74) is 2.01. The molecule has 0 aliphatic rings. The molecular weight excluding hydrogens is 200 g/mol. The second-order valence-electron chi connectivity index (χ2n) is 3.82. The maximum atomic E-state index is 4.27. The topological polar surface area (TPSA) is 43.6 Å². The van der Waals surface area contributed by atoms with Crippen LogP contribution in [-0.4, -0.2) is 20.0 Å². The molecule has 0 atom stereocenters. The van der Waals surface area contributed by atoms with Gasteiger partial charge in [-0.05, 0) is 18.6 Å². The lowest BCUT2D eigenvalue weighted by Gasteiger charge is -1.96. The third-order valence-corrected chi connectivity index (χ3v) is 2.42. The second kappa shape index (κ2) is 5.39. The molecule has 0 aromatic carbocycles. The van der Waals surface area contributed by atoms with Gasteiger partial charge in [-0.25, -0.2) is 0 Å². The van der Waals surface area contributed by atoms with Gasteiger partial charge in [0.05, 0.1) is 5.69 Å². The first kappa shape index (κ1) is 10.8. The Bertz CT molecular complexity index is 422. The Morgan fingerprint density at radius 3 is 2.94 bits per heavy atom. The van der Waals surface area contributed by atoms with Crippen LogP contribution < -0.4 is 0 Å². The van der Waals surface area contributed by atoms with Gasteiger partial charge in [0.15, 0.2) is 0 Å². The van der Waals surface area contributed by atoms with E-state index in [1.165, 1.54) is 6.42 Å². The van der Waals surface area contributed by atoms with Crippen LogP contribution in [0.2, 0.25) is 0 Å². The number of aryl methyl sites for hydroxylation is 1. The molecular formula is C12H16N4. The Labute approximate surface area is 95.3 Å². The van der Waals surface area contributed by atoms with Gasteiger partial charge in [0.1, 0.15) is 0 Å². The van der Waals surface area contributed by atoms with Crippen molar-refractivity contribution in [2.45, 2.75) is 32.7 Å². The molecule has 0 radical (unpaired) electrons. The van der Waals surface area contributed by atoms with Crippen LogP contribution in [0.1, 0.15) is 31.2 Å². The lowest BCUT2D eigenvalue weighted by atomic mass is 10.2. The van der Waals surface area contributed by atoms with E-state index in [0.717, 1.165) is 30.8 Å². The zero-order valence-corrected chi connectivity index (χ0v) is 9.50. The third kappa shape index (κ3) is 2.89. The van der Waals surface area contributed by atoms with E-state index in [2.05, 4.69) is 22.2 Å². The van der Waals surface area contributed by atoms with Crippen molar-refractivity contribution >= 4 is 0 Å². The molecule has 2 aromatic rings. The highest BCUT2D eigenvalue weighted by molar-refractivity contribution is 5.11. The molecule has 0 bridgehead atoms. The average molecular weight is 216 g/mol. The number of rotatable bonds is 5. The van der Waals surface area contributed by atoms with E-state index in [1.807, 2.05) is 29.1 Å². The van der Waals surface area contributed by atoms with Gasteiger partial charge in [0.25, 0.3) is 0 Å². The quantitative estimate of drug-likeness (QED) is 0.768. The first-order chi connectivity index (χ1) is 7.88. The minimum Gasteiger partial charge on any atom is -0.261 e. The molecule has 2 aromatic heterocycles. The molecule has 16 heavy (non-hydrogen) atoms. The van der Waals surface area contributed by atoms with E-state index in [9.17, 15) is 0 Å². The molecule has 0 unspecified atom stereocenters. The minimum absolute atomic E-state index is 0.757. The zero-order chi connectivity index (χ0) is 11.2.